The first kappa shape index (κ1) is 9.02. The van der Waals surface area contributed by atoms with E-state index in [9.17, 15) is 0 Å². The first-order valence-corrected chi connectivity index (χ1v) is 4.61. The van der Waals surface area contributed by atoms with Crippen LogP contribution in [0, 0.1) is 0 Å². The number of pyridine rings is 1. The standard InChI is InChI=1S/C10H12N4/c1-8-12-13-10(14(8)2)7-9-3-5-11-6-4-9/h3-6H,7H2,1-2H3/p+1. The van der Waals surface area contributed by atoms with Gasteiger partial charge in [0.1, 0.15) is 0 Å². The van der Waals surface area contributed by atoms with E-state index in [0.717, 1.165) is 18.1 Å². The molecule has 0 spiro atoms. The summed E-state index contributed by atoms with van der Waals surface area (Å²) in [5, 5.41) is 8.19. The normalized spacial score (nSPS) is 20.6. The molecule has 1 aliphatic heterocycles. The lowest BCUT2D eigenvalue weighted by Gasteiger charge is -2.07. The smallest absolute Gasteiger partial charge is 0.231 e. The summed E-state index contributed by atoms with van der Waals surface area (Å²) in [5.74, 6) is 2.09. The molecule has 1 aromatic rings. The Kier molecular flexibility index (Phi) is 2.37. The Morgan fingerprint density at radius 2 is 1.93 bits per heavy atom. The molecule has 1 aromatic heterocycles. The van der Waals surface area contributed by atoms with Crippen molar-refractivity contribution in [3.05, 3.63) is 30.1 Å². The van der Waals surface area contributed by atoms with E-state index in [1.54, 1.807) is 12.4 Å². The minimum atomic E-state index is 0.842. The fourth-order valence-corrected chi connectivity index (χ4v) is 1.36. The third kappa shape index (κ3) is 1.70. The minimum Gasteiger partial charge on any atom is -0.265 e. The van der Waals surface area contributed by atoms with Gasteiger partial charge in [-0.1, -0.05) is 10.2 Å². The summed E-state index contributed by atoms with van der Waals surface area (Å²) in [4.78, 5) is 5.17. The van der Waals surface area contributed by atoms with E-state index in [4.69, 9.17) is 0 Å². The second-order valence-electron chi connectivity index (χ2n) is 3.39. The number of hydrogen-bond donors (Lipinski definition) is 1. The Bertz CT molecular complexity index is 380. The highest BCUT2D eigenvalue weighted by molar-refractivity contribution is 5.90. The van der Waals surface area contributed by atoms with E-state index >= 15 is 0 Å². The number of quaternary nitrogens is 1. The lowest BCUT2D eigenvalue weighted by molar-refractivity contribution is -0.674. The molecule has 1 unspecified atom stereocenters. The molecular weight excluding hydrogens is 176 g/mol. The number of hydrogen-bond acceptors (Lipinski definition) is 3. The van der Waals surface area contributed by atoms with Gasteiger partial charge < -0.3 is 0 Å². The quantitative estimate of drug-likeness (QED) is 0.692. The van der Waals surface area contributed by atoms with Gasteiger partial charge in [0.15, 0.2) is 0 Å². The van der Waals surface area contributed by atoms with E-state index in [2.05, 4.69) is 22.2 Å². The molecule has 1 aliphatic rings. The maximum absolute atomic E-state index is 4.14. The topological polar surface area (TPSA) is 42.0 Å². The molecule has 0 aromatic carbocycles. The number of likely N-dealkylation sites (N-methyl/N-ethyl adjacent to an activating group) is 1. The molecule has 4 heteroatoms. The van der Waals surface area contributed by atoms with Crippen LogP contribution < -0.4 is 4.90 Å². The SMILES string of the molecule is CC1=NN=C(Cc2ccncc2)[NH+]1C. The Hall–Kier alpha value is -1.55. The lowest BCUT2D eigenvalue weighted by Crippen LogP contribution is -3.13. The first-order chi connectivity index (χ1) is 6.77. The summed E-state index contributed by atoms with van der Waals surface area (Å²) < 4.78 is 0. The number of rotatable bonds is 2. The third-order valence-corrected chi connectivity index (χ3v) is 2.42. The zero-order valence-corrected chi connectivity index (χ0v) is 8.36. The molecule has 4 nitrogen and oxygen atoms in total. The van der Waals surface area contributed by atoms with Crippen LogP contribution in [-0.2, 0) is 6.42 Å². The van der Waals surface area contributed by atoms with E-state index in [1.807, 2.05) is 19.1 Å². The van der Waals surface area contributed by atoms with Gasteiger partial charge >= 0.3 is 0 Å². The van der Waals surface area contributed by atoms with Gasteiger partial charge in [0.05, 0.1) is 13.5 Å². The first-order valence-electron chi connectivity index (χ1n) is 4.61. The molecule has 0 saturated carbocycles. The van der Waals surface area contributed by atoms with Crippen molar-refractivity contribution in [3.63, 3.8) is 0 Å². The number of amidine groups is 2. The molecule has 2 rings (SSSR count). The maximum Gasteiger partial charge on any atom is 0.231 e. The average Bonchev–Trinajstić information content (AvgIpc) is 2.52. The fourth-order valence-electron chi connectivity index (χ4n) is 1.36. The van der Waals surface area contributed by atoms with Gasteiger partial charge in [-0.05, 0) is 17.7 Å². The molecule has 72 valence electrons. The van der Waals surface area contributed by atoms with Crippen molar-refractivity contribution in [2.45, 2.75) is 13.3 Å². The molecule has 2 heterocycles. The summed E-state index contributed by atoms with van der Waals surface area (Å²) >= 11 is 0. The fraction of sp³-hybridized carbons (Fsp3) is 0.300. The largest absolute Gasteiger partial charge is 0.265 e. The maximum atomic E-state index is 4.14. The zero-order chi connectivity index (χ0) is 9.97. The average molecular weight is 189 g/mol. The van der Waals surface area contributed by atoms with Crippen LogP contribution in [-0.4, -0.2) is 23.7 Å². The zero-order valence-electron chi connectivity index (χ0n) is 8.36. The Labute approximate surface area is 83.0 Å². The summed E-state index contributed by atoms with van der Waals surface area (Å²) in [6, 6.07) is 4.01. The molecule has 0 fully saturated rings. The van der Waals surface area contributed by atoms with Crippen molar-refractivity contribution in [2.24, 2.45) is 10.2 Å². The van der Waals surface area contributed by atoms with E-state index < -0.39 is 0 Å². The van der Waals surface area contributed by atoms with Crippen LogP contribution in [0.15, 0.2) is 34.7 Å². The van der Waals surface area contributed by atoms with Gasteiger partial charge in [0.2, 0.25) is 11.7 Å². The van der Waals surface area contributed by atoms with Crippen molar-refractivity contribution >= 4 is 11.7 Å². The van der Waals surface area contributed by atoms with E-state index in [0.29, 0.717) is 0 Å². The van der Waals surface area contributed by atoms with Gasteiger partial charge in [-0.15, -0.1) is 0 Å². The predicted octanol–water partition coefficient (Wildman–Crippen LogP) is -0.116. The molecular formula is C10H13N4+. The van der Waals surface area contributed by atoms with Crippen LogP contribution >= 0.6 is 0 Å². The highest BCUT2D eigenvalue weighted by Crippen LogP contribution is 1.98. The summed E-state index contributed by atoms with van der Waals surface area (Å²) in [7, 11) is 2.06. The molecule has 1 atom stereocenters. The molecule has 0 amide bonds. The van der Waals surface area contributed by atoms with Crippen molar-refractivity contribution in [1.29, 1.82) is 0 Å². The summed E-state index contributed by atoms with van der Waals surface area (Å²) in [5.41, 5.74) is 1.23. The Morgan fingerprint density at radius 1 is 1.21 bits per heavy atom. The van der Waals surface area contributed by atoms with Crippen molar-refractivity contribution < 1.29 is 4.90 Å². The Balaban J connectivity index is 2.08. The third-order valence-electron chi connectivity index (χ3n) is 2.42. The van der Waals surface area contributed by atoms with Crippen LogP contribution in [0.2, 0.25) is 0 Å². The van der Waals surface area contributed by atoms with Crippen molar-refractivity contribution in [1.82, 2.24) is 4.98 Å². The van der Waals surface area contributed by atoms with E-state index in [1.165, 1.54) is 10.5 Å². The van der Waals surface area contributed by atoms with Gasteiger partial charge in [-0.25, -0.2) is 4.90 Å². The second kappa shape index (κ2) is 3.67. The molecule has 14 heavy (non-hydrogen) atoms. The van der Waals surface area contributed by atoms with Crippen LogP contribution in [0.4, 0.5) is 0 Å². The van der Waals surface area contributed by atoms with Crippen LogP contribution in [0.25, 0.3) is 0 Å². The summed E-state index contributed by atoms with van der Waals surface area (Å²) in [6.45, 7) is 1.98. The minimum absolute atomic E-state index is 0.842. The predicted molar refractivity (Wildman–Crippen MR) is 55.4 cm³/mol. The monoisotopic (exact) mass is 189 g/mol. The lowest BCUT2D eigenvalue weighted by atomic mass is 10.2. The number of nitrogens with one attached hydrogen (secondary N) is 1. The second-order valence-corrected chi connectivity index (χ2v) is 3.39. The molecule has 0 radical (unpaired) electrons. The summed E-state index contributed by atoms with van der Waals surface area (Å²) in [6.07, 6.45) is 4.44. The van der Waals surface area contributed by atoms with Crippen molar-refractivity contribution in [2.75, 3.05) is 7.05 Å². The molecule has 1 N–H and O–H groups in total. The van der Waals surface area contributed by atoms with Gasteiger partial charge in [0.25, 0.3) is 0 Å². The van der Waals surface area contributed by atoms with Crippen LogP contribution in [0.5, 0.6) is 0 Å². The molecule has 0 bridgehead atoms. The van der Waals surface area contributed by atoms with E-state index in [-0.39, 0.29) is 0 Å². The Morgan fingerprint density at radius 3 is 2.50 bits per heavy atom. The highest BCUT2D eigenvalue weighted by Gasteiger charge is 2.21. The highest BCUT2D eigenvalue weighted by atomic mass is 15.4. The molecule has 0 aliphatic carbocycles. The molecule has 0 saturated heterocycles. The van der Waals surface area contributed by atoms with Gasteiger partial charge in [-0.3, -0.25) is 4.98 Å². The van der Waals surface area contributed by atoms with Crippen LogP contribution in [0.1, 0.15) is 12.5 Å². The van der Waals surface area contributed by atoms with Gasteiger partial charge in [0, 0.05) is 19.3 Å². The number of aromatic nitrogens is 1. The number of nitrogens with zero attached hydrogens (tertiary/aromatic N) is 3. The van der Waals surface area contributed by atoms with Crippen LogP contribution in [0.3, 0.4) is 0 Å². The van der Waals surface area contributed by atoms with Crippen molar-refractivity contribution in [3.8, 4) is 0 Å². The van der Waals surface area contributed by atoms with Gasteiger partial charge in [-0.2, -0.15) is 0 Å².